The van der Waals surface area contributed by atoms with Gasteiger partial charge in [-0.2, -0.15) is 0 Å². The van der Waals surface area contributed by atoms with Gasteiger partial charge in [0.2, 0.25) is 0 Å². The van der Waals surface area contributed by atoms with Gasteiger partial charge >= 0.3 is 5.97 Å². The topological polar surface area (TPSA) is 40.5 Å². The molecule has 16 heavy (non-hydrogen) atoms. The number of benzene rings is 1. The second-order valence-electron chi connectivity index (χ2n) is 4.27. The maximum Gasteiger partial charge on any atom is 0.305 e. The van der Waals surface area contributed by atoms with Crippen LogP contribution in [0.3, 0.4) is 0 Å². The molecular formula is C13H17NO2. The van der Waals surface area contributed by atoms with E-state index in [-0.39, 0.29) is 12.5 Å². The van der Waals surface area contributed by atoms with Gasteiger partial charge in [-0.05, 0) is 31.5 Å². The maximum atomic E-state index is 10.9. The van der Waals surface area contributed by atoms with Gasteiger partial charge in [-0.3, -0.25) is 9.69 Å². The van der Waals surface area contributed by atoms with Crippen LogP contribution in [-0.2, 0) is 4.79 Å². The SMILES string of the molecule is O=C(O)CC(c1ccccc1)N1CCCC1. The lowest BCUT2D eigenvalue weighted by Gasteiger charge is -2.26. The van der Waals surface area contributed by atoms with Crippen molar-refractivity contribution in [3.63, 3.8) is 0 Å². The third-order valence-corrected chi connectivity index (χ3v) is 3.13. The maximum absolute atomic E-state index is 10.9. The molecule has 0 amide bonds. The Kier molecular flexibility index (Phi) is 3.57. The second-order valence-corrected chi connectivity index (χ2v) is 4.27. The van der Waals surface area contributed by atoms with E-state index >= 15 is 0 Å². The Morgan fingerprint density at radius 1 is 1.25 bits per heavy atom. The summed E-state index contributed by atoms with van der Waals surface area (Å²) in [5.74, 6) is -0.722. The standard InChI is InChI=1S/C13H17NO2/c15-13(16)10-12(14-8-4-5-9-14)11-6-2-1-3-7-11/h1-3,6-7,12H,4-5,8-10H2,(H,15,16). The summed E-state index contributed by atoms with van der Waals surface area (Å²) in [5, 5.41) is 8.98. The smallest absolute Gasteiger partial charge is 0.305 e. The molecule has 3 nitrogen and oxygen atoms in total. The van der Waals surface area contributed by atoms with Crippen molar-refractivity contribution in [2.24, 2.45) is 0 Å². The molecule has 0 saturated carbocycles. The molecule has 0 bridgehead atoms. The summed E-state index contributed by atoms with van der Waals surface area (Å²) in [6.45, 7) is 2.04. The fourth-order valence-corrected chi connectivity index (χ4v) is 2.35. The Hall–Kier alpha value is -1.35. The lowest BCUT2D eigenvalue weighted by Crippen LogP contribution is -2.27. The highest BCUT2D eigenvalue weighted by Gasteiger charge is 2.25. The summed E-state index contributed by atoms with van der Waals surface area (Å²) in [5.41, 5.74) is 1.12. The minimum absolute atomic E-state index is 0.0428. The van der Waals surface area contributed by atoms with Crippen LogP contribution in [0.2, 0.25) is 0 Å². The van der Waals surface area contributed by atoms with Crippen LogP contribution in [0, 0.1) is 0 Å². The first-order valence-electron chi connectivity index (χ1n) is 5.78. The van der Waals surface area contributed by atoms with E-state index in [1.165, 1.54) is 12.8 Å². The molecule has 0 spiro atoms. The molecule has 0 radical (unpaired) electrons. The van der Waals surface area contributed by atoms with Crippen molar-refractivity contribution in [2.45, 2.75) is 25.3 Å². The van der Waals surface area contributed by atoms with Gasteiger partial charge in [0.1, 0.15) is 0 Å². The summed E-state index contributed by atoms with van der Waals surface area (Å²) < 4.78 is 0. The van der Waals surface area contributed by atoms with Crippen molar-refractivity contribution in [1.82, 2.24) is 4.90 Å². The van der Waals surface area contributed by atoms with Crippen LogP contribution in [0.15, 0.2) is 30.3 Å². The van der Waals surface area contributed by atoms with Crippen LogP contribution in [0.4, 0.5) is 0 Å². The Morgan fingerprint density at radius 3 is 2.44 bits per heavy atom. The van der Waals surface area contributed by atoms with Gasteiger partial charge in [0.05, 0.1) is 6.42 Å². The monoisotopic (exact) mass is 219 g/mol. The largest absolute Gasteiger partial charge is 0.481 e. The third-order valence-electron chi connectivity index (χ3n) is 3.13. The van der Waals surface area contributed by atoms with Gasteiger partial charge < -0.3 is 5.11 Å². The fourth-order valence-electron chi connectivity index (χ4n) is 2.35. The quantitative estimate of drug-likeness (QED) is 0.844. The van der Waals surface area contributed by atoms with E-state index in [2.05, 4.69) is 4.90 Å². The van der Waals surface area contributed by atoms with Crippen LogP contribution in [0.25, 0.3) is 0 Å². The number of hydrogen-bond donors (Lipinski definition) is 1. The molecule has 1 heterocycles. The molecule has 3 heteroatoms. The Balaban J connectivity index is 2.16. The van der Waals surface area contributed by atoms with Crippen LogP contribution < -0.4 is 0 Å². The number of carboxylic acids is 1. The molecule has 1 aromatic rings. The third kappa shape index (κ3) is 2.61. The van der Waals surface area contributed by atoms with E-state index in [1.807, 2.05) is 30.3 Å². The van der Waals surface area contributed by atoms with E-state index in [4.69, 9.17) is 5.11 Å². The predicted molar refractivity (Wildman–Crippen MR) is 62.2 cm³/mol. The Labute approximate surface area is 95.7 Å². The molecule has 0 aromatic heterocycles. The summed E-state index contributed by atoms with van der Waals surface area (Å²) in [4.78, 5) is 13.2. The highest BCUT2D eigenvalue weighted by Crippen LogP contribution is 2.27. The van der Waals surface area contributed by atoms with Crippen molar-refractivity contribution < 1.29 is 9.90 Å². The van der Waals surface area contributed by atoms with E-state index in [9.17, 15) is 4.79 Å². The van der Waals surface area contributed by atoms with Crippen molar-refractivity contribution in [3.8, 4) is 0 Å². The molecule has 1 unspecified atom stereocenters. The summed E-state index contributed by atoms with van der Waals surface area (Å²) >= 11 is 0. The number of likely N-dealkylation sites (tertiary alicyclic amines) is 1. The summed E-state index contributed by atoms with van der Waals surface area (Å²) in [7, 11) is 0. The van der Waals surface area contributed by atoms with E-state index in [0.717, 1.165) is 18.7 Å². The zero-order chi connectivity index (χ0) is 11.4. The van der Waals surface area contributed by atoms with Crippen LogP contribution in [0.5, 0.6) is 0 Å². The van der Waals surface area contributed by atoms with Gasteiger partial charge in [0.25, 0.3) is 0 Å². The van der Waals surface area contributed by atoms with Gasteiger partial charge in [0.15, 0.2) is 0 Å². The van der Waals surface area contributed by atoms with Crippen molar-refractivity contribution >= 4 is 5.97 Å². The van der Waals surface area contributed by atoms with E-state index in [1.54, 1.807) is 0 Å². The predicted octanol–water partition coefficient (Wildman–Crippen LogP) is 2.30. The molecule has 1 aliphatic heterocycles. The number of carboxylic acid groups (broad SMARTS) is 1. The average molecular weight is 219 g/mol. The normalized spacial score (nSPS) is 18.5. The lowest BCUT2D eigenvalue weighted by molar-refractivity contribution is -0.138. The first-order chi connectivity index (χ1) is 7.77. The lowest BCUT2D eigenvalue weighted by atomic mass is 10.0. The van der Waals surface area contributed by atoms with Gasteiger partial charge in [-0.15, -0.1) is 0 Å². The summed E-state index contributed by atoms with van der Waals surface area (Å²) in [6.07, 6.45) is 2.57. The van der Waals surface area contributed by atoms with Gasteiger partial charge in [-0.25, -0.2) is 0 Å². The number of hydrogen-bond acceptors (Lipinski definition) is 2. The molecule has 1 atom stereocenters. The van der Waals surface area contributed by atoms with Gasteiger partial charge in [-0.1, -0.05) is 30.3 Å². The van der Waals surface area contributed by atoms with Crippen LogP contribution >= 0.6 is 0 Å². The molecule has 1 fully saturated rings. The highest BCUT2D eigenvalue weighted by molar-refractivity contribution is 5.68. The molecular weight excluding hydrogens is 202 g/mol. The summed E-state index contributed by atoms with van der Waals surface area (Å²) in [6, 6.07) is 9.99. The molecule has 1 aromatic carbocycles. The number of carbonyl (C=O) groups is 1. The molecule has 0 aliphatic carbocycles. The first kappa shape index (κ1) is 11.1. The second kappa shape index (κ2) is 5.12. The molecule has 86 valence electrons. The number of rotatable bonds is 4. The highest BCUT2D eigenvalue weighted by atomic mass is 16.4. The van der Waals surface area contributed by atoms with Crippen molar-refractivity contribution in [1.29, 1.82) is 0 Å². The van der Waals surface area contributed by atoms with Crippen molar-refractivity contribution in [2.75, 3.05) is 13.1 Å². The van der Waals surface area contributed by atoms with Crippen LogP contribution in [0.1, 0.15) is 30.9 Å². The van der Waals surface area contributed by atoms with E-state index < -0.39 is 5.97 Å². The number of nitrogens with zero attached hydrogens (tertiary/aromatic N) is 1. The fraction of sp³-hybridized carbons (Fsp3) is 0.462. The Morgan fingerprint density at radius 2 is 1.88 bits per heavy atom. The minimum Gasteiger partial charge on any atom is -0.481 e. The minimum atomic E-state index is -0.722. The first-order valence-corrected chi connectivity index (χ1v) is 5.78. The van der Waals surface area contributed by atoms with E-state index in [0.29, 0.717) is 0 Å². The molecule has 1 N–H and O–H groups in total. The van der Waals surface area contributed by atoms with Crippen molar-refractivity contribution in [3.05, 3.63) is 35.9 Å². The van der Waals surface area contributed by atoms with Gasteiger partial charge in [0, 0.05) is 6.04 Å². The zero-order valence-corrected chi connectivity index (χ0v) is 9.30. The zero-order valence-electron chi connectivity index (χ0n) is 9.30. The molecule has 2 rings (SSSR count). The molecule has 1 saturated heterocycles. The average Bonchev–Trinajstić information content (AvgIpc) is 2.80. The number of aliphatic carboxylic acids is 1. The van der Waals surface area contributed by atoms with Crippen LogP contribution in [-0.4, -0.2) is 29.1 Å². The molecule has 1 aliphatic rings. The Bertz CT molecular complexity index is 344.